The minimum Gasteiger partial charge on any atom is -0.0620 e. The second-order valence-corrected chi connectivity index (χ2v) is 3.49. The number of fused-ring (bicyclic) bond motifs is 1. The van der Waals surface area contributed by atoms with Crippen LogP contribution < -0.4 is 0 Å². The van der Waals surface area contributed by atoms with Gasteiger partial charge >= 0.3 is 0 Å². The predicted octanol–water partition coefficient (Wildman–Crippen LogP) is 3.13. The van der Waals surface area contributed by atoms with Gasteiger partial charge in [0.25, 0.3) is 0 Å². The highest BCUT2D eigenvalue weighted by atomic mass is 14.2. The van der Waals surface area contributed by atoms with E-state index in [0.717, 1.165) is 5.92 Å². The average molecular weight is 146 g/mol. The molecule has 0 amide bonds. The molecule has 0 saturated carbocycles. The van der Waals surface area contributed by atoms with Crippen LogP contribution in [0.4, 0.5) is 0 Å². The number of benzene rings is 1. The average Bonchev–Trinajstić information content (AvgIpc) is 2.06. The number of rotatable bonds is 0. The molecule has 0 spiro atoms. The van der Waals surface area contributed by atoms with E-state index < -0.39 is 0 Å². The fraction of sp³-hybridized carbons (Fsp3) is 0.455. The largest absolute Gasteiger partial charge is 0.0620 e. The van der Waals surface area contributed by atoms with Gasteiger partial charge in [-0.05, 0) is 36.3 Å². The van der Waals surface area contributed by atoms with E-state index in [4.69, 9.17) is 0 Å². The lowest BCUT2D eigenvalue weighted by Gasteiger charge is -2.21. The minimum absolute atomic E-state index is 0.792. The summed E-state index contributed by atoms with van der Waals surface area (Å²) < 4.78 is 0. The first kappa shape index (κ1) is 6.90. The Hall–Kier alpha value is -0.780. The van der Waals surface area contributed by atoms with Crippen molar-refractivity contribution < 1.29 is 0 Å². The molecule has 1 aliphatic carbocycles. The normalized spacial score (nSPS) is 22.8. The molecule has 0 unspecified atom stereocenters. The van der Waals surface area contributed by atoms with Crippen LogP contribution in [0.2, 0.25) is 0 Å². The Bertz CT molecular complexity index is 250. The van der Waals surface area contributed by atoms with Crippen molar-refractivity contribution in [1.82, 2.24) is 0 Å². The van der Waals surface area contributed by atoms with Crippen LogP contribution in [0, 0.1) is 0 Å². The van der Waals surface area contributed by atoms with E-state index in [1.165, 1.54) is 19.3 Å². The molecule has 0 bridgehead atoms. The summed E-state index contributed by atoms with van der Waals surface area (Å²) in [5, 5.41) is 0. The minimum atomic E-state index is 0.792. The summed E-state index contributed by atoms with van der Waals surface area (Å²) in [4.78, 5) is 0. The second-order valence-electron chi connectivity index (χ2n) is 3.49. The smallest absolute Gasteiger partial charge is 0.0188 e. The maximum atomic E-state index is 2.33. The van der Waals surface area contributed by atoms with Crippen LogP contribution in [-0.4, -0.2) is 0 Å². The first-order valence-corrected chi connectivity index (χ1v) is 4.46. The molecule has 0 heteroatoms. The van der Waals surface area contributed by atoms with E-state index >= 15 is 0 Å². The first-order valence-electron chi connectivity index (χ1n) is 4.46. The Labute approximate surface area is 68.3 Å². The van der Waals surface area contributed by atoms with Gasteiger partial charge in [-0.25, -0.2) is 0 Å². The Kier molecular flexibility index (Phi) is 1.69. The van der Waals surface area contributed by atoms with Gasteiger partial charge in [-0.15, -0.1) is 0 Å². The van der Waals surface area contributed by atoms with Crippen molar-refractivity contribution in [1.29, 1.82) is 0 Å². The molecular weight excluding hydrogens is 132 g/mol. The summed E-state index contributed by atoms with van der Waals surface area (Å²) in [6.45, 7) is 2.33. The van der Waals surface area contributed by atoms with Crippen molar-refractivity contribution in [3.63, 3.8) is 0 Å². The van der Waals surface area contributed by atoms with E-state index in [1.54, 1.807) is 11.1 Å². The molecule has 0 fully saturated rings. The van der Waals surface area contributed by atoms with Gasteiger partial charge < -0.3 is 0 Å². The van der Waals surface area contributed by atoms with Crippen LogP contribution in [0.1, 0.15) is 36.8 Å². The quantitative estimate of drug-likeness (QED) is 0.527. The molecule has 0 saturated heterocycles. The molecule has 2 rings (SSSR count). The van der Waals surface area contributed by atoms with Crippen LogP contribution in [0.5, 0.6) is 0 Å². The van der Waals surface area contributed by atoms with E-state index in [0.29, 0.717) is 0 Å². The molecule has 1 aromatic carbocycles. The van der Waals surface area contributed by atoms with Crippen LogP contribution in [0.15, 0.2) is 24.3 Å². The van der Waals surface area contributed by atoms with Crippen molar-refractivity contribution in [2.45, 2.75) is 32.1 Å². The highest BCUT2D eigenvalue weighted by molar-refractivity contribution is 5.31. The zero-order chi connectivity index (χ0) is 7.68. The van der Waals surface area contributed by atoms with Crippen molar-refractivity contribution in [3.8, 4) is 0 Å². The number of hydrogen-bond acceptors (Lipinski definition) is 0. The van der Waals surface area contributed by atoms with Gasteiger partial charge in [-0.1, -0.05) is 31.2 Å². The molecule has 0 aromatic heterocycles. The van der Waals surface area contributed by atoms with Crippen LogP contribution in [0.25, 0.3) is 0 Å². The molecule has 1 atom stereocenters. The van der Waals surface area contributed by atoms with Gasteiger partial charge in [0.2, 0.25) is 0 Å². The van der Waals surface area contributed by atoms with E-state index in [-0.39, 0.29) is 0 Å². The zero-order valence-electron chi connectivity index (χ0n) is 7.01. The SMILES string of the molecule is C[C@H]1CCCc2ccccc21. The van der Waals surface area contributed by atoms with Gasteiger partial charge in [0, 0.05) is 0 Å². The second kappa shape index (κ2) is 2.69. The molecule has 0 N–H and O–H groups in total. The molecule has 0 heterocycles. The summed E-state index contributed by atoms with van der Waals surface area (Å²) >= 11 is 0. The topological polar surface area (TPSA) is 0 Å². The number of aryl methyl sites for hydroxylation is 1. The van der Waals surface area contributed by atoms with E-state index in [2.05, 4.69) is 31.2 Å². The van der Waals surface area contributed by atoms with Gasteiger partial charge in [0.1, 0.15) is 0 Å². The fourth-order valence-corrected chi connectivity index (χ4v) is 2.00. The highest BCUT2D eigenvalue weighted by Gasteiger charge is 2.14. The van der Waals surface area contributed by atoms with Crippen LogP contribution in [-0.2, 0) is 6.42 Å². The molecular formula is C11H14. The summed E-state index contributed by atoms with van der Waals surface area (Å²) in [6, 6.07) is 8.85. The predicted molar refractivity (Wildman–Crippen MR) is 47.8 cm³/mol. The van der Waals surface area contributed by atoms with E-state index in [9.17, 15) is 0 Å². The number of hydrogen-bond donors (Lipinski definition) is 0. The van der Waals surface area contributed by atoms with Gasteiger partial charge in [-0.3, -0.25) is 0 Å². The Morgan fingerprint density at radius 1 is 1.27 bits per heavy atom. The van der Waals surface area contributed by atoms with Crippen molar-refractivity contribution in [3.05, 3.63) is 35.4 Å². The van der Waals surface area contributed by atoms with Crippen molar-refractivity contribution >= 4 is 0 Å². The Morgan fingerprint density at radius 3 is 2.91 bits per heavy atom. The summed E-state index contributed by atoms with van der Waals surface area (Å²) in [6.07, 6.45) is 4.04. The third kappa shape index (κ3) is 1.18. The fourth-order valence-electron chi connectivity index (χ4n) is 2.00. The summed E-state index contributed by atoms with van der Waals surface area (Å²) in [5.74, 6) is 0.792. The standard InChI is InChI=1S/C11H14/c1-9-5-4-7-10-6-2-3-8-11(9)10/h2-3,6,8-9H,4-5,7H2,1H3/t9-/m0/s1. The van der Waals surface area contributed by atoms with Gasteiger partial charge in [-0.2, -0.15) is 0 Å². The van der Waals surface area contributed by atoms with Crippen molar-refractivity contribution in [2.24, 2.45) is 0 Å². The van der Waals surface area contributed by atoms with Crippen molar-refractivity contribution in [2.75, 3.05) is 0 Å². The third-order valence-electron chi connectivity index (χ3n) is 2.67. The third-order valence-corrected chi connectivity index (χ3v) is 2.67. The Balaban J connectivity index is 2.44. The van der Waals surface area contributed by atoms with Gasteiger partial charge in [0.15, 0.2) is 0 Å². The monoisotopic (exact) mass is 146 g/mol. The lowest BCUT2D eigenvalue weighted by Crippen LogP contribution is -2.05. The molecule has 1 aliphatic rings. The maximum absolute atomic E-state index is 2.33. The van der Waals surface area contributed by atoms with Crippen LogP contribution >= 0.6 is 0 Å². The zero-order valence-corrected chi connectivity index (χ0v) is 7.01. The molecule has 0 radical (unpaired) electrons. The molecule has 0 aliphatic heterocycles. The summed E-state index contributed by atoms with van der Waals surface area (Å²) in [7, 11) is 0. The maximum Gasteiger partial charge on any atom is -0.0188 e. The summed E-state index contributed by atoms with van der Waals surface area (Å²) in [5.41, 5.74) is 3.16. The lowest BCUT2D eigenvalue weighted by atomic mass is 9.84. The molecule has 1 aromatic rings. The highest BCUT2D eigenvalue weighted by Crippen LogP contribution is 2.30. The molecule has 11 heavy (non-hydrogen) atoms. The van der Waals surface area contributed by atoms with Crippen LogP contribution in [0.3, 0.4) is 0 Å². The lowest BCUT2D eigenvalue weighted by molar-refractivity contribution is 0.590. The first-order chi connectivity index (χ1) is 5.38. The molecule has 58 valence electrons. The van der Waals surface area contributed by atoms with E-state index in [1.807, 2.05) is 0 Å². The Morgan fingerprint density at radius 2 is 2.09 bits per heavy atom. The van der Waals surface area contributed by atoms with Gasteiger partial charge in [0.05, 0.1) is 0 Å². The molecule has 0 nitrogen and oxygen atoms in total.